The molecule has 0 amide bonds. The van der Waals surface area contributed by atoms with Crippen molar-refractivity contribution in [2.24, 2.45) is 0 Å². The molecule has 0 bridgehead atoms. The van der Waals surface area contributed by atoms with Crippen LogP contribution in [0.15, 0.2) is 70.2 Å². The van der Waals surface area contributed by atoms with E-state index in [1.165, 1.54) is 12.5 Å². The molecule has 0 aliphatic carbocycles. The van der Waals surface area contributed by atoms with E-state index in [2.05, 4.69) is 9.97 Å². The first-order valence-corrected chi connectivity index (χ1v) is 6.82. The van der Waals surface area contributed by atoms with Gasteiger partial charge in [-0.15, -0.1) is 0 Å². The van der Waals surface area contributed by atoms with Crippen molar-refractivity contribution in [3.8, 4) is 22.5 Å². The number of ketones is 1. The second kappa shape index (κ2) is 4.96. The fourth-order valence-corrected chi connectivity index (χ4v) is 2.49. The fraction of sp³-hybridized carbons (Fsp3) is 0. The molecule has 0 atom stereocenters. The number of hydrogen-bond donors (Lipinski definition) is 2. The highest BCUT2D eigenvalue weighted by atomic mass is 16.4. The van der Waals surface area contributed by atoms with Crippen LogP contribution in [-0.4, -0.2) is 15.8 Å². The third-order valence-electron chi connectivity index (χ3n) is 3.52. The monoisotopic (exact) mass is 292 g/mol. The maximum atomic E-state index is 12.8. The molecule has 5 nitrogen and oxygen atoms in total. The van der Waals surface area contributed by atoms with E-state index >= 15 is 0 Å². The zero-order valence-electron chi connectivity index (χ0n) is 11.5. The number of rotatable bonds is 4. The van der Waals surface area contributed by atoms with Crippen LogP contribution in [0, 0.1) is 0 Å². The number of furan rings is 2. The lowest BCUT2D eigenvalue weighted by Crippen LogP contribution is -2.02. The van der Waals surface area contributed by atoms with E-state index in [-0.39, 0.29) is 17.3 Å². The lowest BCUT2D eigenvalue weighted by atomic mass is 10.1. The summed E-state index contributed by atoms with van der Waals surface area (Å²) in [6.07, 6.45) is 6.60. The Balaban J connectivity index is 1.79. The largest absolute Gasteiger partial charge is 0.460 e. The standard InChI is InChI=1S/C17H12N2O3/c20-15(16-11(5-9-21-16)13-3-1-7-18-13)17-12(6-10-22-17)14-4-2-8-19-14/h1-10,18-19H. The average molecular weight is 292 g/mol. The average Bonchev–Trinajstić information content (AvgIpc) is 3.35. The van der Waals surface area contributed by atoms with E-state index in [9.17, 15) is 4.79 Å². The van der Waals surface area contributed by atoms with Crippen molar-refractivity contribution in [3.63, 3.8) is 0 Å². The highest BCUT2D eigenvalue weighted by molar-refractivity contribution is 6.12. The van der Waals surface area contributed by atoms with Gasteiger partial charge in [0.1, 0.15) is 0 Å². The zero-order chi connectivity index (χ0) is 14.9. The lowest BCUT2D eigenvalue weighted by Gasteiger charge is -2.01. The van der Waals surface area contributed by atoms with Gasteiger partial charge in [-0.3, -0.25) is 4.79 Å². The first-order valence-electron chi connectivity index (χ1n) is 6.82. The summed E-state index contributed by atoms with van der Waals surface area (Å²) in [5.74, 6) is 0.222. The van der Waals surface area contributed by atoms with E-state index in [4.69, 9.17) is 8.83 Å². The lowest BCUT2D eigenvalue weighted by molar-refractivity contribution is 0.0985. The number of carbonyl (C=O) groups is 1. The number of hydrogen-bond acceptors (Lipinski definition) is 3. The summed E-state index contributed by atoms with van der Waals surface area (Å²) in [6.45, 7) is 0. The number of aromatic nitrogens is 2. The summed E-state index contributed by atoms with van der Waals surface area (Å²) in [6, 6.07) is 11.0. The topological polar surface area (TPSA) is 74.9 Å². The van der Waals surface area contributed by atoms with Gasteiger partial charge < -0.3 is 18.8 Å². The van der Waals surface area contributed by atoms with Crippen molar-refractivity contribution in [2.75, 3.05) is 0 Å². The molecule has 0 aliphatic heterocycles. The molecule has 0 fully saturated rings. The van der Waals surface area contributed by atoms with Gasteiger partial charge in [-0.2, -0.15) is 0 Å². The summed E-state index contributed by atoms with van der Waals surface area (Å²) in [5, 5.41) is 0. The quantitative estimate of drug-likeness (QED) is 0.556. The second-order valence-corrected chi connectivity index (χ2v) is 4.82. The van der Waals surface area contributed by atoms with E-state index in [1.807, 2.05) is 24.3 Å². The highest BCUT2D eigenvalue weighted by Crippen LogP contribution is 2.30. The Hall–Kier alpha value is -3.21. The minimum Gasteiger partial charge on any atom is -0.460 e. The summed E-state index contributed by atoms with van der Waals surface area (Å²) in [5.41, 5.74) is 3.07. The van der Waals surface area contributed by atoms with Crippen molar-refractivity contribution in [3.05, 3.63) is 72.8 Å². The number of aromatic amines is 2. The van der Waals surface area contributed by atoms with Crippen LogP contribution >= 0.6 is 0 Å². The summed E-state index contributed by atoms with van der Waals surface area (Å²) in [7, 11) is 0. The van der Waals surface area contributed by atoms with Crippen molar-refractivity contribution in [1.29, 1.82) is 0 Å². The van der Waals surface area contributed by atoms with Gasteiger partial charge in [-0.25, -0.2) is 0 Å². The van der Waals surface area contributed by atoms with E-state index < -0.39 is 0 Å². The van der Waals surface area contributed by atoms with Crippen LogP contribution in [0.3, 0.4) is 0 Å². The van der Waals surface area contributed by atoms with Gasteiger partial charge in [0.15, 0.2) is 11.5 Å². The first-order chi connectivity index (χ1) is 10.8. The van der Waals surface area contributed by atoms with Crippen LogP contribution in [0.5, 0.6) is 0 Å². The minimum atomic E-state index is -0.288. The number of H-pyrrole nitrogens is 2. The Morgan fingerprint density at radius 2 is 1.27 bits per heavy atom. The van der Waals surface area contributed by atoms with E-state index in [0.717, 1.165) is 11.4 Å². The molecule has 0 saturated carbocycles. The molecule has 2 N–H and O–H groups in total. The summed E-state index contributed by atoms with van der Waals surface area (Å²) < 4.78 is 10.8. The molecule has 5 heteroatoms. The predicted molar refractivity (Wildman–Crippen MR) is 80.4 cm³/mol. The van der Waals surface area contributed by atoms with Crippen LogP contribution in [-0.2, 0) is 0 Å². The maximum Gasteiger partial charge on any atom is 0.264 e. The van der Waals surface area contributed by atoms with E-state index in [0.29, 0.717) is 11.1 Å². The number of carbonyl (C=O) groups excluding carboxylic acids is 1. The molecule has 4 heterocycles. The summed E-state index contributed by atoms with van der Waals surface area (Å²) in [4.78, 5) is 18.9. The molecule has 0 aliphatic rings. The molecule has 22 heavy (non-hydrogen) atoms. The van der Waals surface area contributed by atoms with Gasteiger partial charge in [0.25, 0.3) is 5.78 Å². The molecule has 0 radical (unpaired) electrons. The molecule has 0 aromatic carbocycles. The zero-order valence-corrected chi connectivity index (χ0v) is 11.5. The molecule has 4 rings (SSSR count). The maximum absolute atomic E-state index is 12.8. The smallest absolute Gasteiger partial charge is 0.264 e. The van der Waals surface area contributed by atoms with Crippen LogP contribution in [0.4, 0.5) is 0 Å². The Labute approximate surface area is 125 Å². The third-order valence-corrected chi connectivity index (χ3v) is 3.52. The van der Waals surface area contributed by atoms with E-state index in [1.54, 1.807) is 24.5 Å². The van der Waals surface area contributed by atoms with Gasteiger partial charge in [0, 0.05) is 34.9 Å². The predicted octanol–water partition coefficient (Wildman–Crippen LogP) is 4.09. The molecule has 4 aromatic rings. The minimum absolute atomic E-state index is 0.255. The van der Waals surface area contributed by atoms with Crippen LogP contribution in [0.25, 0.3) is 22.5 Å². The first kappa shape index (κ1) is 12.5. The Bertz CT molecular complexity index is 821. The van der Waals surface area contributed by atoms with Crippen molar-refractivity contribution >= 4 is 5.78 Å². The highest BCUT2D eigenvalue weighted by Gasteiger charge is 2.25. The van der Waals surface area contributed by atoms with Crippen LogP contribution in [0.1, 0.15) is 16.3 Å². The molecule has 108 valence electrons. The van der Waals surface area contributed by atoms with Gasteiger partial charge in [0.2, 0.25) is 0 Å². The van der Waals surface area contributed by atoms with Gasteiger partial charge in [0.05, 0.1) is 12.5 Å². The third kappa shape index (κ3) is 1.91. The Morgan fingerprint density at radius 3 is 1.68 bits per heavy atom. The molecule has 0 unspecified atom stereocenters. The van der Waals surface area contributed by atoms with Crippen LogP contribution in [0.2, 0.25) is 0 Å². The molecular weight excluding hydrogens is 280 g/mol. The molecule has 0 saturated heterocycles. The second-order valence-electron chi connectivity index (χ2n) is 4.82. The van der Waals surface area contributed by atoms with Gasteiger partial charge in [-0.05, 0) is 36.4 Å². The molecule has 0 spiro atoms. The normalized spacial score (nSPS) is 10.9. The SMILES string of the molecule is O=C(c1occc1-c1ccc[nH]1)c1occc1-c1ccc[nH]1. The van der Waals surface area contributed by atoms with Crippen molar-refractivity contribution in [2.45, 2.75) is 0 Å². The Kier molecular flexibility index (Phi) is 2.83. The van der Waals surface area contributed by atoms with Gasteiger partial charge >= 0.3 is 0 Å². The molecular formula is C17H12N2O3. The Morgan fingerprint density at radius 1 is 0.773 bits per heavy atom. The van der Waals surface area contributed by atoms with Crippen LogP contribution < -0.4 is 0 Å². The molecule has 4 aromatic heterocycles. The fourth-order valence-electron chi connectivity index (χ4n) is 2.49. The van der Waals surface area contributed by atoms with Gasteiger partial charge in [-0.1, -0.05) is 0 Å². The summed E-state index contributed by atoms with van der Waals surface area (Å²) >= 11 is 0. The van der Waals surface area contributed by atoms with Crippen molar-refractivity contribution < 1.29 is 13.6 Å². The van der Waals surface area contributed by atoms with Crippen molar-refractivity contribution in [1.82, 2.24) is 9.97 Å². The number of nitrogens with one attached hydrogen (secondary N) is 2.